The molecule has 14 heavy (non-hydrogen) atoms. The summed E-state index contributed by atoms with van der Waals surface area (Å²) in [6, 6.07) is 5.58. The summed E-state index contributed by atoms with van der Waals surface area (Å²) in [7, 11) is 1.61. The smallest absolute Gasteiger partial charge is 0.261 e. The van der Waals surface area contributed by atoms with Crippen molar-refractivity contribution in [2.45, 2.75) is 5.22 Å². The molecule has 0 N–H and O–H groups in total. The molecule has 1 aromatic heterocycles. The van der Waals surface area contributed by atoms with Crippen LogP contribution in [0.2, 0.25) is 0 Å². The van der Waals surface area contributed by atoms with Crippen molar-refractivity contribution in [1.29, 1.82) is 0 Å². The van der Waals surface area contributed by atoms with Crippen LogP contribution in [-0.4, -0.2) is 12.1 Å². The second-order valence-electron chi connectivity index (χ2n) is 2.57. The largest absolute Gasteiger partial charge is 0.494 e. The average molecular weight is 207 g/mol. The molecule has 0 aliphatic heterocycles. The van der Waals surface area contributed by atoms with E-state index in [-0.39, 0.29) is 0 Å². The van der Waals surface area contributed by atoms with Gasteiger partial charge < -0.3 is 9.15 Å². The quantitative estimate of drug-likeness (QED) is 0.724. The SMILES string of the molecule is C=CSc1nc2c(OC)cccc2o1. The molecule has 0 bridgehead atoms. The molecule has 72 valence electrons. The third kappa shape index (κ3) is 1.48. The van der Waals surface area contributed by atoms with E-state index in [9.17, 15) is 0 Å². The molecule has 2 aromatic rings. The molecule has 0 aliphatic rings. The molecule has 0 saturated heterocycles. The first-order valence-electron chi connectivity index (χ1n) is 4.06. The van der Waals surface area contributed by atoms with Crippen molar-refractivity contribution < 1.29 is 9.15 Å². The van der Waals surface area contributed by atoms with Gasteiger partial charge in [0.2, 0.25) is 0 Å². The van der Waals surface area contributed by atoms with E-state index in [1.54, 1.807) is 12.5 Å². The highest BCUT2D eigenvalue weighted by atomic mass is 32.2. The van der Waals surface area contributed by atoms with Crippen molar-refractivity contribution in [1.82, 2.24) is 4.98 Å². The van der Waals surface area contributed by atoms with Crippen LogP contribution in [0, 0.1) is 0 Å². The molecule has 0 fully saturated rings. The lowest BCUT2D eigenvalue weighted by Gasteiger charge is -1.96. The van der Waals surface area contributed by atoms with E-state index in [0.29, 0.717) is 5.22 Å². The Morgan fingerprint density at radius 3 is 3.14 bits per heavy atom. The topological polar surface area (TPSA) is 35.3 Å². The van der Waals surface area contributed by atoms with E-state index in [0.717, 1.165) is 16.8 Å². The van der Waals surface area contributed by atoms with Gasteiger partial charge in [0.1, 0.15) is 5.75 Å². The number of benzene rings is 1. The number of hydrogen-bond acceptors (Lipinski definition) is 4. The van der Waals surface area contributed by atoms with Crippen LogP contribution < -0.4 is 4.74 Å². The van der Waals surface area contributed by atoms with Crippen molar-refractivity contribution in [3.8, 4) is 5.75 Å². The van der Waals surface area contributed by atoms with Crippen LogP contribution in [0.5, 0.6) is 5.75 Å². The molecule has 2 rings (SSSR count). The fourth-order valence-corrected chi connectivity index (χ4v) is 1.61. The number of thioether (sulfide) groups is 1. The van der Waals surface area contributed by atoms with Gasteiger partial charge in [0, 0.05) is 0 Å². The van der Waals surface area contributed by atoms with Crippen LogP contribution in [-0.2, 0) is 0 Å². The van der Waals surface area contributed by atoms with E-state index in [1.807, 2.05) is 18.2 Å². The number of fused-ring (bicyclic) bond motifs is 1. The molecule has 0 aliphatic carbocycles. The molecule has 0 atom stereocenters. The third-order valence-electron chi connectivity index (χ3n) is 1.77. The summed E-state index contributed by atoms with van der Waals surface area (Å²) in [5.41, 5.74) is 1.48. The lowest BCUT2D eigenvalue weighted by molar-refractivity contribution is 0.419. The van der Waals surface area contributed by atoms with Gasteiger partial charge >= 0.3 is 0 Å². The van der Waals surface area contributed by atoms with Gasteiger partial charge in [-0.15, -0.1) is 0 Å². The van der Waals surface area contributed by atoms with E-state index < -0.39 is 0 Å². The molecule has 1 aromatic carbocycles. The standard InChI is InChI=1S/C10H9NO2S/c1-3-14-10-11-9-7(12-2)5-4-6-8(9)13-10/h3-6H,1H2,2H3. The van der Waals surface area contributed by atoms with Crippen LogP contribution >= 0.6 is 11.8 Å². The zero-order valence-corrected chi connectivity index (χ0v) is 8.50. The predicted molar refractivity (Wildman–Crippen MR) is 56.6 cm³/mol. The van der Waals surface area contributed by atoms with Crippen LogP contribution in [0.3, 0.4) is 0 Å². The molecule has 1 heterocycles. The Labute approximate surface area is 85.8 Å². The van der Waals surface area contributed by atoms with Crippen molar-refractivity contribution >= 4 is 22.9 Å². The van der Waals surface area contributed by atoms with Crippen molar-refractivity contribution in [2.24, 2.45) is 0 Å². The second-order valence-corrected chi connectivity index (χ2v) is 3.49. The highest BCUT2D eigenvalue weighted by Gasteiger charge is 2.08. The van der Waals surface area contributed by atoms with Gasteiger partial charge in [0.05, 0.1) is 7.11 Å². The van der Waals surface area contributed by atoms with E-state index in [1.165, 1.54) is 11.8 Å². The van der Waals surface area contributed by atoms with Crippen LogP contribution in [0.25, 0.3) is 11.1 Å². The zero-order chi connectivity index (χ0) is 9.97. The number of para-hydroxylation sites is 1. The third-order valence-corrected chi connectivity index (χ3v) is 2.31. The summed E-state index contributed by atoms with van der Waals surface area (Å²) in [5, 5.41) is 2.26. The maximum absolute atomic E-state index is 5.45. The van der Waals surface area contributed by atoms with Crippen LogP contribution in [0.15, 0.2) is 39.8 Å². The maximum atomic E-state index is 5.45. The Hall–Kier alpha value is -1.42. The summed E-state index contributed by atoms with van der Waals surface area (Å²) >= 11 is 1.35. The number of hydrogen-bond donors (Lipinski definition) is 0. The Kier molecular flexibility index (Phi) is 2.45. The minimum absolute atomic E-state index is 0.583. The molecule has 0 saturated carbocycles. The maximum Gasteiger partial charge on any atom is 0.261 e. The fraction of sp³-hybridized carbons (Fsp3) is 0.100. The first kappa shape index (κ1) is 9.15. The molecular weight excluding hydrogens is 198 g/mol. The van der Waals surface area contributed by atoms with E-state index >= 15 is 0 Å². The second kappa shape index (κ2) is 3.75. The Morgan fingerprint density at radius 1 is 1.57 bits per heavy atom. The van der Waals surface area contributed by atoms with Crippen molar-refractivity contribution in [2.75, 3.05) is 7.11 Å². The van der Waals surface area contributed by atoms with Gasteiger partial charge in [0.25, 0.3) is 5.22 Å². The summed E-state index contributed by atoms with van der Waals surface area (Å²) in [6.07, 6.45) is 0. The lowest BCUT2D eigenvalue weighted by Crippen LogP contribution is -1.82. The van der Waals surface area contributed by atoms with Crippen LogP contribution in [0.4, 0.5) is 0 Å². The monoisotopic (exact) mass is 207 g/mol. The van der Waals surface area contributed by atoms with Gasteiger partial charge in [-0.05, 0) is 29.3 Å². The molecule has 0 unspecified atom stereocenters. The van der Waals surface area contributed by atoms with E-state index in [2.05, 4.69) is 11.6 Å². The number of nitrogens with zero attached hydrogens (tertiary/aromatic N) is 1. The summed E-state index contributed by atoms with van der Waals surface area (Å²) in [4.78, 5) is 4.27. The predicted octanol–water partition coefficient (Wildman–Crippen LogP) is 3.07. The average Bonchev–Trinajstić information content (AvgIpc) is 2.60. The summed E-state index contributed by atoms with van der Waals surface area (Å²) in [5.74, 6) is 0.724. The summed E-state index contributed by atoms with van der Waals surface area (Å²) < 4.78 is 10.6. The lowest BCUT2D eigenvalue weighted by atomic mass is 10.3. The number of rotatable bonds is 3. The van der Waals surface area contributed by atoms with Gasteiger partial charge in [-0.3, -0.25) is 0 Å². The Bertz CT molecular complexity index is 464. The number of ether oxygens (including phenoxy) is 1. The highest BCUT2D eigenvalue weighted by Crippen LogP contribution is 2.29. The minimum atomic E-state index is 0.583. The Morgan fingerprint density at radius 2 is 2.43 bits per heavy atom. The number of aromatic nitrogens is 1. The first-order valence-corrected chi connectivity index (χ1v) is 4.94. The zero-order valence-electron chi connectivity index (χ0n) is 7.69. The van der Waals surface area contributed by atoms with Crippen LogP contribution in [0.1, 0.15) is 0 Å². The normalized spacial score (nSPS) is 10.4. The molecule has 0 spiro atoms. The minimum Gasteiger partial charge on any atom is -0.494 e. The molecule has 0 radical (unpaired) electrons. The van der Waals surface area contributed by atoms with Gasteiger partial charge in [0.15, 0.2) is 11.1 Å². The van der Waals surface area contributed by atoms with Gasteiger partial charge in [-0.1, -0.05) is 12.6 Å². The molecular formula is C10H9NO2S. The van der Waals surface area contributed by atoms with Crippen molar-refractivity contribution in [3.05, 3.63) is 30.2 Å². The summed E-state index contributed by atoms with van der Waals surface area (Å²) in [6.45, 7) is 3.60. The molecule has 4 heteroatoms. The number of oxazole rings is 1. The molecule has 3 nitrogen and oxygen atoms in total. The van der Waals surface area contributed by atoms with E-state index in [4.69, 9.17) is 9.15 Å². The number of methoxy groups -OCH3 is 1. The van der Waals surface area contributed by atoms with Gasteiger partial charge in [-0.25, -0.2) is 0 Å². The first-order chi connectivity index (χ1) is 6.85. The molecule has 0 amide bonds. The van der Waals surface area contributed by atoms with Crippen molar-refractivity contribution in [3.63, 3.8) is 0 Å². The fourth-order valence-electron chi connectivity index (χ4n) is 1.19. The highest BCUT2D eigenvalue weighted by molar-refractivity contribution is 8.01. The van der Waals surface area contributed by atoms with Gasteiger partial charge in [-0.2, -0.15) is 4.98 Å². The Balaban J connectivity index is 2.57.